The van der Waals surface area contributed by atoms with Crippen molar-refractivity contribution in [1.82, 2.24) is 0 Å². The van der Waals surface area contributed by atoms with E-state index >= 15 is 0 Å². The van der Waals surface area contributed by atoms with Crippen molar-refractivity contribution in [3.63, 3.8) is 0 Å². The van der Waals surface area contributed by atoms with Gasteiger partial charge in [0.2, 0.25) is 0 Å². The fourth-order valence-corrected chi connectivity index (χ4v) is 3.44. The van der Waals surface area contributed by atoms with E-state index in [1.807, 2.05) is 6.92 Å². The smallest absolute Gasteiger partial charge is 0.130 e. The van der Waals surface area contributed by atoms with E-state index in [0.717, 1.165) is 42.2 Å². The third-order valence-corrected chi connectivity index (χ3v) is 4.40. The van der Waals surface area contributed by atoms with Crippen LogP contribution in [0.25, 0.3) is 0 Å². The molecule has 1 aromatic rings. The van der Waals surface area contributed by atoms with Gasteiger partial charge >= 0.3 is 0 Å². The molecule has 0 amide bonds. The van der Waals surface area contributed by atoms with Crippen LogP contribution in [0.1, 0.15) is 19.8 Å². The summed E-state index contributed by atoms with van der Waals surface area (Å²) in [6.45, 7) is 2.78. The Kier molecular flexibility index (Phi) is 3.80. The van der Waals surface area contributed by atoms with E-state index in [0.29, 0.717) is 27.9 Å². The normalized spacial score (nSPS) is 23.7. The summed E-state index contributed by atoms with van der Waals surface area (Å²) < 4.78 is 14.0. The van der Waals surface area contributed by atoms with Gasteiger partial charge in [0.05, 0.1) is 33.2 Å². The highest BCUT2D eigenvalue weighted by Gasteiger charge is 2.31. The maximum atomic E-state index is 6.25. The molecule has 0 atom stereocenters. The molecule has 0 unspecified atom stereocenters. The van der Waals surface area contributed by atoms with Crippen molar-refractivity contribution < 1.29 is 4.74 Å². The highest BCUT2D eigenvalue weighted by molar-refractivity contribution is 7.58. The van der Waals surface area contributed by atoms with Gasteiger partial charge in [0.1, 0.15) is 11.4 Å². The summed E-state index contributed by atoms with van der Waals surface area (Å²) in [6.07, 6.45) is 2.34. The number of nitrogens with one attached hydrogen (secondary N) is 1. The molecule has 1 heterocycles. The molecule has 1 fully saturated rings. The molecule has 1 aromatic carbocycles. The van der Waals surface area contributed by atoms with Gasteiger partial charge in [-0.2, -0.15) is 8.73 Å². The van der Waals surface area contributed by atoms with Crippen molar-refractivity contribution in [3.8, 4) is 0 Å². The molecule has 3 rings (SSSR count). The van der Waals surface area contributed by atoms with Gasteiger partial charge in [0.15, 0.2) is 0 Å². The summed E-state index contributed by atoms with van der Waals surface area (Å²) in [5.41, 5.74) is 2.29. The molecule has 0 spiro atoms. The number of halogens is 2. The fourth-order valence-electron chi connectivity index (χ4n) is 2.27. The number of fused-ring (bicyclic) bond motifs is 1. The van der Waals surface area contributed by atoms with Crippen LogP contribution in [0.4, 0.5) is 17.1 Å². The van der Waals surface area contributed by atoms with Crippen molar-refractivity contribution in [3.05, 3.63) is 16.1 Å². The number of benzene rings is 1. The second-order valence-electron chi connectivity index (χ2n) is 4.57. The Morgan fingerprint density at radius 3 is 2.79 bits per heavy atom. The Morgan fingerprint density at radius 2 is 2.05 bits per heavy atom. The molecule has 19 heavy (non-hydrogen) atoms. The molecule has 1 aliphatic heterocycles. The minimum atomic E-state index is 0.359. The Hall–Kier alpha value is -0.620. The van der Waals surface area contributed by atoms with E-state index in [2.05, 4.69) is 14.0 Å². The quantitative estimate of drug-likeness (QED) is 0.888. The van der Waals surface area contributed by atoms with Gasteiger partial charge in [-0.05, 0) is 25.8 Å². The second kappa shape index (κ2) is 5.40. The maximum absolute atomic E-state index is 6.25. The average Bonchev–Trinajstić information content (AvgIpc) is 2.80. The van der Waals surface area contributed by atoms with E-state index < -0.39 is 0 Å². The van der Waals surface area contributed by atoms with Gasteiger partial charge in [0.25, 0.3) is 0 Å². The molecule has 0 bridgehead atoms. The highest BCUT2D eigenvalue weighted by atomic mass is 35.5. The van der Waals surface area contributed by atoms with Crippen molar-refractivity contribution >= 4 is 51.6 Å². The van der Waals surface area contributed by atoms with E-state index in [1.54, 1.807) is 6.07 Å². The molecule has 1 N–H and O–H groups in total. The summed E-state index contributed by atoms with van der Waals surface area (Å²) in [5, 5.41) is 4.55. The number of rotatable bonds is 4. The first kappa shape index (κ1) is 13.4. The minimum Gasteiger partial charge on any atom is -0.379 e. The molecule has 0 aromatic heterocycles. The summed E-state index contributed by atoms with van der Waals surface area (Å²) in [6, 6.07) is 2.09. The van der Waals surface area contributed by atoms with Gasteiger partial charge < -0.3 is 10.1 Å². The Balaban J connectivity index is 1.76. The molecule has 0 saturated heterocycles. The van der Waals surface area contributed by atoms with Crippen LogP contribution in [0.15, 0.2) is 14.8 Å². The minimum absolute atomic E-state index is 0.359. The van der Waals surface area contributed by atoms with Gasteiger partial charge in [-0.3, -0.25) is 0 Å². The topological polar surface area (TPSA) is 46.0 Å². The molecule has 102 valence electrons. The molecule has 7 heteroatoms. The van der Waals surface area contributed by atoms with Gasteiger partial charge in [-0.1, -0.05) is 23.2 Å². The van der Waals surface area contributed by atoms with Crippen molar-refractivity contribution in [2.45, 2.75) is 31.9 Å². The van der Waals surface area contributed by atoms with Crippen LogP contribution < -0.4 is 5.32 Å². The van der Waals surface area contributed by atoms with Crippen molar-refractivity contribution in [2.75, 3.05) is 11.9 Å². The molecular formula is C12H13Cl2N3OS. The molecule has 1 saturated carbocycles. The van der Waals surface area contributed by atoms with Crippen molar-refractivity contribution in [1.29, 1.82) is 0 Å². The lowest BCUT2D eigenvalue weighted by molar-refractivity contribution is 0.00300. The first-order valence-electron chi connectivity index (χ1n) is 6.17. The number of hydrogen-bond acceptors (Lipinski definition) is 4. The zero-order valence-corrected chi connectivity index (χ0v) is 12.6. The third kappa shape index (κ3) is 2.52. The first-order chi connectivity index (χ1) is 9.19. The monoisotopic (exact) mass is 317 g/mol. The standard InChI is InChI=1S/C12H13Cl2N3OS/c1-2-18-7-3-6(4-7)15-10-8(13)5-9(14)11-12(10)17-19-16-11/h5-7,15H,2-4H2,1H3. The predicted octanol–water partition coefficient (Wildman–Crippen LogP) is 4.70. The molecule has 1 aliphatic carbocycles. The summed E-state index contributed by atoms with van der Waals surface area (Å²) in [4.78, 5) is 0. The van der Waals surface area contributed by atoms with Gasteiger partial charge in [-0.15, -0.1) is 0 Å². The lowest BCUT2D eigenvalue weighted by Crippen LogP contribution is -2.40. The fraction of sp³-hybridized carbons (Fsp3) is 0.500. The second-order valence-corrected chi connectivity index (χ2v) is 5.91. The van der Waals surface area contributed by atoms with Crippen LogP contribution >= 0.6 is 23.2 Å². The molecular weight excluding hydrogens is 305 g/mol. The first-order valence-corrected chi connectivity index (χ1v) is 7.66. The third-order valence-electron chi connectivity index (χ3n) is 3.29. The Morgan fingerprint density at radius 1 is 1.32 bits per heavy atom. The van der Waals surface area contributed by atoms with Crippen LogP contribution in [0.5, 0.6) is 0 Å². The Bertz CT molecular complexity index is 581. The summed E-state index contributed by atoms with van der Waals surface area (Å²) >= 11 is 13.5. The van der Waals surface area contributed by atoms with E-state index in [-0.39, 0.29) is 0 Å². The van der Waals surface area contributed by atoms with E-state index in [9.17, 15) is 0 Å². The van der Waals surface area contributed by atoms with Crippen LogP contribution in [0, 0.1) is 0 Å². The zero-order chi connectivity index (χ0) is 13.4. The largest absolute Gasteiger partial charge is 0.379 e. The number of ether oxygens (including phenoxy) is 1. The zero-order valence-electron chi connectivity index (χ0n) is 10.3. The van der Waals surface area contributed by atoms with Crippen molar-refractivity contribution in [2.24, 2.45) is 8.73 Å². The summed E-state index contributed by atoms with van der Waals surface area (Å²) in [5.74, 6) is 0. The van der Waals surface area contributed by atoms with Crippen LogP contribution in [0.3, 0.4) is 0 Å². The number of nitrogens with zero attached hydrogens (tertiary/aromatic N) is 2. The predicted molar refractivity (Wildman–Crippen MR) is 80.1 cm³/mol. The average molecular weight is 318 g/mol. The van der Waals surface area contributed by atoms with Crippen LogP contribution in [0.2, 0.25) is 10.0 Å². The van der Waals surface area contributed by atoms with Gasteiger partial charge in [-0.25, -0.2) is 0 Å². The lowest BCUT2D eigenvalue weighted by Gasteiger charge is -2.36. The SMILES string of the molecule is CCOC1CC(Nc2c(Cl)cc(Cl)c3c2N=S=N3)C1. The lowest BCUT2D eigenvalue weighted by atomic mass is 9.89. The number of anilines is 1. The molecule has 4 nitrogen and oxygen atoms in total. The molecule has 2 aliphatic rings. The van der Waals surface area contributed by atoms with E-state index in [1.165, 1.54) is 0 Å². The maximum Gasteiger partial charge on any atom is 0.130 e. The Labute approximate surface area is 125 Å². The van der Waals surface area contributed by atoms with Crippen LogP contribution in [-0.2, 0) is 16.1 Å². The molecule has 0 radical (unpaired) electrons. The highest BCUT2D eigenvalue weighted by Crippen LogP contribution is 2.48. The van der Waals surface area contributed by atoms with E-state index in [4.69, 9.17) is 27.9 Å². The van der Waals surface area contributed by atoms with Gasteiger partial charge in [0, 0.05) is 12.6 Å². The summed E-state index contributed by atoms with van der Waals surface area (Å²) in [7, 11) is 0. The van der Waals surface area contributed by atoms with Crippen LogP contribution in [-0.4, -0.2) is 18.8 Å². The number of hydrogen-bond donors (Lipinski definition) is 1.